The van der Waals surface area contributed by atoms with Gasteiger partial charge in [-0.3, -0.25) is 4.79 Å². The molecule has 0 aromatic carbocycles. The predicted octanol–water partition coefficient (Wildman–Crippen LogP) is 1.79. The second kappa shape index (κ2) is 7.99. The summed E-state index contributed by atoms with van der Waals surface area (Å²) in [6, 6.07) is -0.0980. The van der Waals surface area contributed by atoms with Crippen molar-refractivity contribution in [3.05, 3.63) is 0 Å². The van der Waals surface area contributed by atoms with Crippen molar-refractivity contribution in [2.45, 2.75) is 76.0 Å². The van der Waals surface area contributed by atoms with E-state index in [0.717, 1.165) is 45.1 Å². The number of likely N-dealkylation sites (tertiary alicyclic amines) is 1. The first-order chi connectivity index (χ1) is 11.2. The molecule has 1 aliphatic carbocycles. The predicted molar refractivity (Wildman–Crippen MR) is 87.1 cm³/mol. The summed E-state index contributed by atoms with van der Waals surface area (Å²) in [5.41, 5.74) is 0. The number of nitrogens with zero attached hydrogens (tertiary/aromatic N) is 1. The molecule has 2 aliphatic heterocycles. The smallest absolute Gasteiger partial charge is 0.318 e. The molecule has 6 heteroatoms. The molecule has 1 saturated carbocycles. The zero-order chi connectivity index (χ0) is 16.1. The van der Waals surface area contributed by atoms with Gasteiger partial charge in [-0.15, -0.1) is 0 Å². The fraction of sp³-hybridized carbons (Fsp3) is 0.882. The van der Waals surface area contributed by atoms with E-state index >= 15 is 0 Å². The minimum absolute atomic E-state index is 0.0307. The van der Waals surface area contributed by atoms with Crippen LogP contribution in [0, 0.1) is 0 Å². The van der Waals surface area contributed by atoms with Crippen LogP contribution >= 0.6 is 0 Å². The van der Waals surface area contributed by atoms with E-state index in [4.69, 9.17) is 4.74 Å². The van der Waals surface area contributed by atoms with Crippen LogP contribution in [0.1, 0.15) is 57.8 Å². The number of nitrogens with one attached hydrogen (secondary N) is 2. The van der Waals surface area contributed by atoms with E-state index in [0.29, 0.717) is 13.1 Å². The molecular formula is C17H29N3O3. The Kier molecular flexibility index (Phi) is 5.75. The maximum absolute atomic E-state index is 12.5. The Morgan fingerprint density at radius 2 is 1.83 bits per heavy atom. The van der Waals surface area contributed by atoms with Crippen molar-refractivity contribution in [2.24, 2.45) is 0 Å². The summed E-state index contributed by atoms with van der Waals surface area (Å²) in [6.45, 7) is 2.03. The average Bonchev–Trinajstić information content (AvgIpc) is 3.25. The molecule has 3 aliphatic rings. The largest absolute Gasteiger partial charge is 0.376 e. The molecule has 2 heterocycles. The molecule has 2 atom stereocenters. The van der Waals surface area contributed by atoms with Crippen LogP contribution in [0.25, 0.3) is 0 Å². The zero-order valence-corrected chi connectivity index (χ0v) is 13.9. The normalized spacial score (nSPS) is 28.8. The highest BCUT2D eigenvalue weighted by molar-refractivity contribution is 5.87. The second-order valence-electron chi connectivity index (χ2n) is 7.02. The monoisotopic (exact) mass is 323 g/mol. The lowest BCUT2D eigenvalue weighted by molar-refractivity contribution is -0.125. The van der Waals surface area contributed by atoms with E-state index in [2.05, 4.69) is 10.6 Å². The van der Waals surface area contributed by atoms with Crippen molar-refractivity contribution in [2.75, 3.05) is 19.7 Å². The lowest BCUT2D eigenvalue weighted by Crippen LogP contribution is -2.52. The summed E-state index contributed by atoms with van der Waals surface area (Å²) < 4.78 is 5.53. The number of ether oxygens (including phenoxy) is 1. The van der Waals surface area contributed by atoms with Crippen molar-refractivity contribution < 1.29 is 14.3 Å². The van der Waals surface area contributed by atoms with E-state index in [9.17, 15) is 9.59 Å². The van der Waals surface area contributed by atoms with Crippen molar-refractivity contribution >= 4 is 11.9 Å². The third kappa shape index (κ3) is 4.37. The van der Waals surface area contributed by atoms with Crippen LogP contribution in [-0.4, -0.2) is 54.7 Å². The van der Waals surface area contributed by atoms with Gasteiger partial charge in [0, 0.05) is 25.7 Å². The molecule has 0 bridgehead atoms. The molecule has 3 amide bonds. The molecule has 2 saturated heterocycles. The highest BCUT2D eigenvalue weighted by atomic mass is 16.5. The molecule has 0 spiro atoms. The Morgan fingerprint density at radius 3 is 2.57 bits per heavy atom. The molecule has 23 heavy (non-hydrogen) atoms. The quantitative estimate of drug-likeness (QED) is 0.828. The summed E-state index contributed by atoms with van der Waals surface area (Å²) >= 11 is 0. The Balaban J connectivity index is 1.47. The highest BCUT2D eigenvalue weighted by Gasteiger charge is 2.35. The number of hydrogen-bond acceptors (Lipinski definition) is 3. The number of hydrogen-bond donors (Lipinski definition) is 2. The molecule has 6 nitrogen and oxygen atoms in total. The lowest BCUT2D eigenvalue weighted by Gasteiger charge is -2.29. The van der Waals surface area contributed by atoms with Gasteiger partial charge in [-0.2, -0.15) is 0 Å². The molecule has 130 valence electrons. The van der Waals surface area contributed by atoms with Crippen LogP contribution in [0.2, 0.25) is 0 Å². The number of rotatable bonds is 4. The molecule has 0 aromatic rings. The number of carbonyl (C=O) groups excluding carboxylic acids is 2. The first-order valence-corrected chi connectivity index (χ1v) is 9.20. The number of carbonyl (C=O) groups is 2. The van der Waals surface area contributed by atoms with Crippen LogP contribution in [0.15, 0.2) is 0 Å². The van der Waals surface area contributed by atoms with Crippen LogP contribution in [0.5, 0.6) is 0 Å². The molecule has 0 aromatic heterocycles. The zero-order valence-electron chi connectivity index (χ0n) is 13.9. The lowest BCUT2D eigenvalue weighted by atomic mass is 9.96. The van der Waals surface area contributed by atoms with E-state index in [1.165, 1.54) is 19.3 Å². The molecular weight excluding hydrogens is 294 g/mol. The topological polar surface area (TPSA) is 70.7 Å². The standard InChI is InChI=1S/C17H29N3O3/c21-16(18-12-14-8-5-11-23-14)15-9-4-10-20(15)17(22)19-13-6-2-1-3-7-13/h13-15H,1-12H2,(H,18,21)(H,19,22)/t14-,15+/m1/s1. The van der Waals surface area contributed by atoms with Gasteiger partial charge in [-0.05, 0) is 38.5 Å². The van der Waals surface area contributed by atoms with Gasteiger partial charge in [0.25, 0.3) is 0 Å². The van der Waals surface area contributed by atoms with Crippen LogP contribution in [0.3, 0.4) is 0 Å². The first-order valence-electron chi connectivity index (χ1n) is 9.20. The average molecular weight is 323 g/mol. The van der Waals surface area contributed by atoms with Gasteiger partial charge in [-0.25, -0.2) is 4.79 Å². The summed E-state index contributed by atoms with van der Waals surface area (Å²) in [5, 5.41) is 6.09. The van der Waals surface area contributed by atoms with Crippen molar-refractivity contribution in [3.63, 3.8) is 0 Å². The van der Waals surface area contributed by atoms with Gasteiger partial charge in [-0.1, -0.05) is 19.3 Å². The van der Waals surface area contributed by atoms with Gasteiger partial charge in [0.05, 0.1) is 6.10 Å². The third-order valence-corrected chi connectivity index (χ3v) is 5.28. The van der Waals surface area contributed by atoms with Gasteiger partial charge in [0.2, 0.25) is 5.91 Å². The SMILES string of the molecule is O=C(NC[C@H]1CCCO1)[C@@H]1CCCN1C(=O)NC1CCCCC1. The Hall–Kier alpha value is -1.30. The Bertz CT molecular complexity index is 417. The maximum Gasteiger partial charge on any atom is 0.318 e. The summed E-state index contributed by atoms with van der Waals surface area (Å²) in [6.07, 6.45) is 9.66. The summed E-state index contributed by atoms with van der Waals surface area (Å²) in [4.78, 5) is 26.6. The third-order valence-electron chi connectivity index (χ3n) is 5.28. The van der Waals surface area contributed by atoms with Crippen LogP contribution in [0.4, 0.5) is 4.79 Å². The maximum atomic E-state index is 12.5. The van der Waals surface area contributed by atoms with Crippen LogP contribution in [-0.2, 0) is 9.53 Å². The van der Waals surface area contributed by atoms with Gasteiger partial charge in [0.1, 0.15) is 6.04 Å². The van der Waals surface area contributed by atoms with E-state index in [1.54, 1.807) is 4.90 Å². The first kappa shape index (κ1) is 16.6. The second-order valence-corrected chi connectivity index (χ2v) is 7.02. The number of urea groups is 1. The fourth-order valence-corrected chi connectivity index (χ4v) is 3.92. The van der Waals surface area contributed by atoms with Gasteiger partial charge in [0.15, 0.2) is 0 Å². The molecule has 0 unspecified atom stereocenters. The molecule has 3 rings (SSSR count). The number of amides is 3. The fourth-order valence-electron chi connectivity index (χ4n) is 3.92. The minimum Gasteiger partial charge on any atom is -0.376 e. The Morgan fingerprint density at radius 1 is 1.00 bits per heavy atom. The van der Waals surface area contributed by atoms with Crippen LogP contribution < -0.4 is 10.6 Å². The highest BCUT2D eigenvalue weighted by Crippen LogP contribution is 2.21. The molecule has 2 N–H and O–H groups in total. The van der Waals surface area contributed by atoms with Gasteiger partial charge < -0.3 is 20.3 Å². The summed E-state index contributed by atoms with van der Waals surface area (Å²) in [7, 11) is 0. The van der Waals surface area contributed by atoms with E-state index in [1.807, 2.05) is 0 Å². The van der Waals surface area contributed by atoms with Gasteiger partial charge >= 0.3 is 6.03 Å². The van der Waals surface area contributed by atoms with E-state index in [-0.39, 0.29) is 30.1 Å². The van der Waals surface area contributed by atoms with Crippen molar-refractivity contribution in [1.82, 2.24) is 15.5 Å². The molecule has 0 radical (unpaired) electrons. The summed E-state index contributed by atoms with van der Waals surface area (Å²) in [5.74, 6) is -0.0307. The van der Waals surface area contributed by atoms with E-state index < -0.39 is 0 Å². The Labute approximate surface area is 138 Å². The molecule has 3 fully saturated rings. The van der Waals surface area contributed by atoms with Crippen molar-refractivity contribution in [1.29, 1.82) is 0 Å². The minimum atomic E-state index is -0.319. The van der Waals surface area contributed by atoms with Crippen molar-refractivity contribution in [3.8, 4) is 0 Å².